The summed E-state index contributed by atoms with van der Waals surface area (Å²) >= 11 is 0. The first-order chi connectivity index (χ1) is 10.9. The van der Waals surface area contributed by atoms with E-state index >= 15 is 0 Å². The highest BCUT2D eigenvalue weighted by Crippen LogP contribution is 2.06. The van der Waals surface area contributed by atoms with Gasteiger partial charge in [-0.15, -0.1) is 0 Å². The van der Waals surface area contributed by atoms with Gasteiger partial charge in [-0.25, -0.2) is 0 Å². The molecule has 1 aromatic carbocycles. The molecule has 0 aromatic heterocycles. The summed E-state index contributed by atoms with van der Waals surface area (Å²) in [5.41, 5.74) is 1.01. The molecular weight excluding hydrogens is 296 g/mol. The van der Waals surface area contributed by atoms with E-state index in [2.05, 4.69) is 5.32 Å². The molecule has 0 bridgehead atoms. The topological polar surface area (TPSA) is 86.7 Å². The van der Waals surface area contributed by atoms with Crippen molar-refractivity contribution in [1.29, 1.82) is 0 Å². The molecular formula is C17H24N2O4. The smallest absolute Gasteiger partial charge is 0.303 e. The van der Waals surface area contributed by atoms with Gasteiger partial charge in [0.2, 0.25) is 11.8 Å². The van der Waals surface area contributed by atoms with Crippen molar-refractivity contribution < 1.29 is 19.5 Å². The standard InChI is InChI=1S/C17H24N2O4/c1-13(10-17(22)23)11-18-16(21)8-9-19(14(2)20)12-15-6-4-3-5-7-15/h3-7,13H,8-12H2,1-2H3,(H,18,21)(H,22,23). The number of nitrogens with zero attached hydrogens (tertiary/aromatic N) is 1. The summed E-state index contributed by atoms with van der Waals surface area (Å²) in [6, 6.07) is 9.59. The second kappa shape index (κ2) is 9.61. The van der Waals surface area contributed by atoms with Gasteiger partial charge in [0.25, 0.3) is 0 Å². The van der Waals surface area contributed by atoms with Crippen LogP contribution in [0.4, 0.5) is 0 Å². The molecule has 0 aliphatic carbocycles. The predicted octanol–water partition coefficient (Wildman–Crippen LogP) is 1.65. The molecule has 6 nitrogen and oxygen atoms in total. The van der Waals surface area contributed by atoms with Crippen LogP contribution in [0.15, 0.2) is 30.3 Å². The number of carbonyl (C=O) groups is 3. The van der Waals surface area contributed by atoms with E-state index in [1.165, 1.54) is 6.92 Å². The molecule has 2 N–H and O–H groups in total. The molecule has 0 spiro atoms. The van der Waals surface area contributed by atoms with Crippen LogP contribution >= 0.6 is 0 Å². The van der Waals surface area contributed by atoms with Gasteiger partial charge in [0.05, 0.1) is 0 Å². The predicted molar refractivity (Wildman–Crippen MR) is 86.6 cm³/mol. The first-order valence-corrected chi connectivity index (χ1v) is 7.66. The lowest BCUT2D eigenvalue weighted by Crippen LogP contribution is -2.35. The van der Waals surface area contributed by atoms with Crippen molar-refractivity contribution in [1.82, 2.24) is 10.2 Å². The van der Waals surface area contributed by atoms with Crippen LogP contribution in [0.5, 0.6) is 0 Å². The lowest BCUT2D eigenvalue weighted by atomic mass is 10.1. The number of hydrogen-bond donors (Lipinski definition) is 2. The summed E-state index contributed by atoms with van der Waals surface area (Å²) in [5.74, 6) is -1.26. The third kappa shape index (κ3) is 7.99. The van der Waals surface area contributed by atoms with Gasteiger partial charge < -0.3 is 15.3 Å². The lowest BCUT2D eigenvalue weighted by Gasteiger charge is -2.21. The van der Waals surface area contributed by atoms with Gasteiger partial charge in [-0.1, -0.05) is 37.3 Å². The minimum atomic E-state index is -0.877. The highest BCUT2D eigenvalue weighted by Gasteiger charge is 2.13. The maximum Gasteiger partial charge on any atom is 0.303 e. The van der Waals surface area contributed by atoms with E-state index in [0.29, 0.717) is 19.6 Å². The van der Waals surface area contributed by atoms with Gasteiger partial charge in [-0.05, 0) is 11.5 Å². The summed E-state index contributed by atoms with van der Waals surface area (Å²) in [5, 5.41) is 11.4. The third-order valence-corrected chi connectivity index (χ3v) is 3.44. The molecule has 2 amide bonds. The lowest BCUT2D eigenvalue weighted by molar-refractivity contribution is -0.138. The van der Waals surface area contributed by atoms with Crippen LogP contribution < -0.4 is 5.32 Å². The highest BCUT2D eigenvalue weighted by molar-refractivity contribution is 5.78. The van der Waals surface area contributed by atoms with Crippen molar-refractivity contribution in [3.8, 4) is 0 Å². The van der Waals surface area contributed by atoms with Gasteiger partial charge in [0.1, 0.15) is 0 Å². The fourth-order valence-electron chi connectivity index (χ4n) is 2.13. The molecule has 0 saturated heterocycles. The Balaban J connectivity index is 2.38. The van der Waals surface area contributed by atoms with Crippen LogP contribution in [0, 0.1) is 5.92 Å². The zero-order valence-corrected chi connectivity index (χ0v) is 13.6. The van der Waals surface area contributed by atoms with Crippen LogP contribution in [0.1, 0.15) is 32.3 Å². The molecule has 0 radical (unpaired) electrons. The van der Waals surface area contributed by atoms with Crippen LogP contribution in [-0.4, -0.2) is 40.9 Å². The van der Waals surface area contributed by atoms with Crippen molar-refractivity contribution in [3.05, 3.63) is 35.9 Å². The molecule has 1 unspecified atom stereocenters. The largest absolute Gasteiger partial charge is 0.481 e. The molecule has 1 aromatic rings. The monoisotopic (exact) mass is 320 g/mol. The number of carboxylic acid groups (broad SMARTS) is 1. The molecule has 6 heteroatoms. The van der Waals surface area contributed by atoms with E-state index in [0.717, 1.165) is 5.56 Å². The molecule has 0 aliphatic rings. The number of hydrogen-bond acceptors (Lipinski definition) is 3. The van der Waals surface area contributed by atoms with Crippen molar-refractivity contribution in [2.24, 2.45) is 5.92 Å². The molecule has 1 atom stereocenters. The first kappa shape index (κ1) is 18.7. The van der Waals surface area contributed by atoms with Gasteiger partial charge >= 0.3 is 5.97 Å². The zero-order valence-electron chi connectivity index (χ0n) is 13.6. The minimum Gasteiger partial charge on any atom is -0.481 e. The quantitative estimate of drug-likeness (QED) is 0.724. The Bertz CT molecular complexity index is 531. The number of rotatable bonds is 9. The molecule has 0 fully saturated rings. The Hall–Kier alpha value is -2.37. The van der Waals surface area contributed by atoms with Crippen LogP contribution in [0.25, 0.3) is 0 Å². The van der Waals surface area contributed by atoms with E-state index in [1.807, 2.05) is 30.3 Å². The third-order valence-electron chi connectivity index (χ3n) is 3.44. The summed E-state index contributed by atoms with van der Waals surface area (Å²) < 4.78 is 0. The Morgan fingerprint density at radius 2 is 1.87 bits per heavy atom. The van der Waals surface area contributed by atoms with Gasteiger partial charge in [-0.2, -0.15) is 0 Å². The molecule has 0 saturated carbocycles. The Labute approximate surface area is 136 Å². The van der Waals surface area contributed by atoms with E-state index in [4.69, 9.17) is 5.11 Å². The normalized spacial score (nSPS) is 11.6. The minimum absolute atomic E-state index is 0.0217. The van der Waals surface area contributed by atoms with Gasteiger partial charge in [0, 0.05) is 39.4 Å². The van der Waals surface area contributed by atoms with Crippen molar-refractivity contribution in [2.75, 3.05) is 13.1 Å². The van der Waals surface area contributed by atoms with Crippen LogP contribution in [0.3, 0.4) is 0 Å². The SMILES string of the molecule is CC(=O)N(CCC(=O)NCC(C)CC(=O)O)Cc1ccccc1. The summed E-state index contributed by atoms with van der Waals surface area (Å²) in [4.78, 5) is 35.7. The van der Waals surface area contributed by atoms with E-state index < -0.39 is 5.97 Å². The highest BCUT2D eigenvalue weighted by atomic mass is 16.4. The second-order valence-electron chi connectivity index (χ2n) is 5.68. The summed E-state index contributed by atoms with van der Waals surface area (Å²) in [7, 11) is 0. The van der Waals surface area contributed by atoms with Crippen molar-refractivity contribution in [3.63, 3.8) is 0 Å². The first-order valence-electron chi connectivity index (χ1n) is 7.66. The Kier molecular flexibility index (Phi) is 7.80. The van der Waals surface area contributed by atoms with E-state index in [1.54, 1.807) is 11.8 Å². The van der Waals surface area contributed by atoms with E-state index in [-0.39, 0.29) is 30.6 Å². The number of amides is 2. The summed E-state index contributed by atoms with van der Waals surface area (Å²) in [6.45, 7) is 4.38. The maximum absolute atomic E-state index is 11.8. The average Bonchev–Trinajstić information content (AvgIpc) is 2.49. The average molecular weight is 320 g/mol. The van der Waals surface area contributed by atoms with Gasteiger partial charge in [0.15, 0.2) is 0 Å². The maximum atomic E-state index is 11.8. The van der Waals surface area contributed by atoms with Crippen LogP contribution in [-0.2, 0) is 20.9 Å². The zero-order chi connectivity index (χ0) is 17.2. The van der Waals surface area contributed by atoms with Crippen molar-refractivity contribution >= 4 is 17.8 Å². The fourth-order valence-corrected chi connectivity index (χ4v) is 2.13. The number of nitrogens with one attached hydrogen (secondary N) is 1. The molecule has 23 heavy (non-hydrogen) atoms. The number of benzene rings is 1. The van der Waals surface area contributed by atoms with Crippen LogP contribution in [0.2, 0.25) is 0 Å². The molecule has 1 rings (SSSR count). The second-order valence-corrected chi connectivity index (χ2v) is 5.68. The fraction of sp³-hybridized carbons (Fsp3) is 0.471. The number of aliphatic carboxylic acids is 1. The number of carbonyl (C=O) groups excluding carboxylic acids is 2. The summed E-state index contributed by atoms with van der Waals surface area (Å²) in [6.07, 6.45) is 0.222. The van der Waals surface area contributed by atoms with E-state index in [9.17, 15) is 14.4 Å². The molecule has 0 aliphatic heterocycles. The van der Waals surface area contributed by atoms with Crippen molar-refractivity contribution in [2.45, 2.75) is 33.2 Å². The van der Waals surface area contributed by atoms with Gasteiger partial charge in [-0.3, -0.25) is 14.4 Å². The Morgan fingerprint density at radius 1 is 1.22 bits per heavy atom. The molecule has 126 valence electrons. The molecule has 0 heterocycles. The number of carboxylic acids is 1. The Morgan fingerprint density at radius 3 is 2.43 bits per heavy atom.